The molecule has 2 atom stereocenters. The van der Waals surface area contributed by atoms with E-state index in [2.05, 4.69) is 0 Å². The number of rotatable bonds is 5. The van der Waals surface area contributed by atoms with Crippen LogP contribution in [0.15, 0.2) is 97.1 Å². The van der Waals surface area contributed by atoms with Crippen molar-refractivity contribution in [2.75, 3.05) is 6.54 Å². The van der Waals surface area contributed by atoms with Crippen LogP contribution >= 0.6 is 11.6 Å². The Morgan fingerprint density at radius 1 is 0.683 bits per heavy atom. The number of hydrogen-bond acceptors (Lipinski definition) is 4. The monoisotopic (exact) mass is 560 g/mol. The van der Waals surface area contributed by atoms with Crippen molar-refractivity contribution < 1.29 is 19.2 Å². The Labute approximate surface area is 242 Å². The first kappa shape index (κ1) is 25.4. The highest BCUT2D eigenvalue weighted by Crippen LogP contribution is 2.61. The third-order valence-electron chi connectivity index (χ3n) is 8.66. The van der Waals surface area contributed by atoms with Crippen LogP contribution < -0.4 is 0 Å². The fourth-order valence-electron chi connectivity index (χ4n) is 6.84. The number of carbonyl (C=O) groups is 4. The zero-order valence-electron chi connectivity index (χ0n) is 22.2. The second-order valence-corrected chi connectivity index (χ2v) is 11.3. The molecule has 0 aromatic heterocycles. The largest absolute Gasteiger partial charge is 0.292 e. The number of aryl methyl sites for hydroxylation is 1. The molecular weight excluding hydrogens is 536 g/mol. The van der Waals surface area contributed by atoms with Crippen LogP contribution in [0.5, 0.6) is 0 Å². The van der Waals surface area contributed by atoms with Gasteiger partial charge in [0.15, 0.2) is 5.78 Å². The van der Waals surface area contributed by atoms with Crippen molar-refractivity contribution in [3.05, 3.63) is 141 Å². The molecule has 0 saturated carbocycles. The highest BCUT2D eigenvalue weighted by atomic mass is 35.5. The smallest absolute Gasteiger partial charge is 0.273 e. The molecule has 1 fully saturated rings. The third kappa shape index (κ3) is 3.85. The van der Waals surface area contributed by atoms with Gasteiger partial charge < -0.3 is 0 Å². The number of hydrogen-bond donors (Lipinski definition) is 0. The molecule has 0 radical (unpaired) electrons. The SMILES string of the molecule is Cc1ccc(C(=O)CN(C(=O)c2ccc(Cl)cc2)N2C(=O)[C@@H]3C4c5ccccc5C(c5ccccc54)[C@H]3C2=O)cc1. The summed E-state index contributed by atoms with van der Waals surface area (Å²) in [6.45, 7) is 1.45. The van der Waals surface area contributed by atoms with E-state index in [1.54, 1.807) is 24.3 Å². The van der Waals surface area contributed by atoms with Crippen LogP contribution in [0.2, 0.25) is 5.02 Å². The first-order valence-corrected chi connectivity index (χ1v) is 14.0. The van der Waals surface area contributed by atoms with Gasteiger partial charge in [-0.15, -0.1) is 0 Å². The Morgan fingerprint density at radius 2 is 1.12 bits per heavy atom. The quantitative estimate of drug-likeness (QED) is 0.229. The molecule has 1 aliphatic heterocycles. The Hall–Kier alpha value is -4.55. The van der Waals surface area contributed by atoms with Crippen molar-refractivity contribution in [2.24, 2.45) is 11.8 Å². The van der Waals surface area contributed by atoms with Gasteiger partial charge >= 0.3 is 0 Å². The second kappa shape index (κ2) is 9.53. The number of hydrazine groups is 1. The summed E-state index contributed by atoms with van der Waals surface area (Å²) in [6.07, 6.45) is 0. The molecule has 4 aromatic carbocycles. The van der Waals surface area contributed by atoms with Gasteiger partial charge in [-0.2, -0.15) is 5.01 Å². The molecule has 202 valence electrons. The Balaban J connectivity index is 1.33. The maximum absolute atomic E-state index is 14.3. The molecule has 3 amide bonds. The summed E-state index contributed by atoms with van der Waals surface area (Å²) >= 11 is 6.06. The lowest BCUT2D eigenvalue weighted by Crippen LogP contribution is -2.52. The molecule has 41 heavy (non-hydrogen) atoms. The molecule has 1 heterocycles. The average Bonchev–Trinajstić information content (AvgIpc) is 3.26. The van der Waals surface area contributed by atoms with Crippen LogP contribution in [-0.2, 0) is 9.59 Å². The number of imide groups is 1. The zero-order chi connectivity index (χ0) is 28.4. The Bertz CT molecular complexity index is 1630. The van der Waals surface area contributed by atoms with Crippen LogP contribution in [0, 0.1) is 18.8 Å². The fourth-order valence-corrected chi connectivity index (χ4v) is 6.97. The van der Waals surface area contributed by atoms with E-state index in [0.717, 1.165) is 37.8 Å². The van der Waals surface area contributed by atoms with Gasteiger partial charge in [0, 0.05) is 28.0 Å². The summed E-state index contributed by atoms with van der Waals surface area (Å²) in [4.78, 5) is 56.1. The number of nitrogens with zero attached hydrogens (tertiary/aromatic N) is 2. The molecule has 0 unspecified atom stereocenters. The molecule has 7 heteroatoms. The normalized spacial score (nSPS) is 21.8. The lowest BCUT2D eigenvalue weighted by Gasteiger charge is -2.45. The van der Waals surface area contributed by atoms with E-state index in [0.29, 0.717) is 10.6 Å². The summed E-state index contributed by atoms with van der Waals surface area (Å²) in [5.41, 5.74) is 5.73. The van der Waals surface area contributed by atoms with Gasteiger partial charge in [-0.05, 0) is 53.4 Å². The summed E-state index contributed by atoms with van der Waals surface area (Å²) in [7, 11) is 0. The van der Waals surface area contributed by atoms with E-state index < -0.39 is 36.1 Å². The number of amides is 3. The van der Waals surface area contributed by atoms with Crippen molar-refractivity contribution in [2.45, 2.75) is 18.8 Å². The number of Topliss-reactive ketones (excluding diaryl/α,β-unsaturated/α-hetero) is 1. The van der Waals surface area contributed by atoms with Crippen molar-refractivity contribution in [3.63, 3.8) is 0 Å². The number of benzene rings is 4. The molecule has 0 N–H and O–H groups in total. The minimum atomic E-state index is -0.674. The molecule has 6 nitrogen and oxygen atoms in total. The van der Waals surface area contributed by atoms with Crippen molar-refractivity contribution in [1.82, 2.24) is 10.0 Å². The molecule has 1 saturated heterocycles. The van der Waals surface area contributed by atoms with E-state index in [1.165, 1.54) is 12.1 Å². The molecule has 4 aromatic rings. The van der Waals surface area contributed by atoms with Crippen LogP contribution in [0.4, 0.5) is 0 Å². The summed E-state index contributed by atoms with van der Waals surface area (Å²) in [5, 5.41) is 2.43. The van der Waals surface area contributed by atoms with E-state index >= 15 is 0 Å². The highest BCUT2D eigenvalue weighted by Gasteiger charge is 2.63. The summed E-state index contributed by atoms with van der Waals surface area (Å²) in [5.74, 6) is -3.91. The Morgan fingerprint density at radius 3 is 1.59 bits per heavy atom. The van der Waals surface area contributed by atoms with Crippen LogP contribution in [0.1, 0.15) is 60.4 Å². The van der Waals surface area contributed by atoms with Gasteiger partial charge in [-0.3, -0.25) is 19.2 Å². The predicted molar refractivity (Wildman–Crippen MR) is 153 cm³/mol. The molecule has 0 spiro atoms. The minimum Gasteiger partial charge on any atom is -0.292 e. The first-order chi connectivity index (χ1) is 19.8. The number of halogens is 1. The molecular formula is C34H25ClN2O4. The molecule has 4 aliphatic rings. The van der Waals surface area contributed by atoms with Crippen LogP contribution in [-0.4, -0.2) is 40.1 Å². The van der Waals surface area contributed by atoms with Gasteiger partial charge in [0.2, 0.25) is 0 Å². The number of carbonyl (C=O) groups excluding carboxylic acids is 4. The predicted octanol–water partition coefficient (Wildman–Crippen LogP) is 5.78. The van der Waals surface area contributed by atoms with Crippen molar-refractivity contribution in [3.8, 4) is 0 Å². The minimum absolute atomic E-state index is 0.219. The lowest BCUT2D eigenvalue weighted by atomic mass is 9.55. The molecule has 8 rings (SSSR count). The third-order valence-corrected chi connectivity index (χ3v) is 8.91. The van der Waals surface area contributed by atoms with Crippen LogP contribution in [0.25, 0.3) is 0 Å². The zero-order valence-corrected chi connectivity index (χ0v) is 22.9. The van der Waals surface area contributed by atoms with E-state index in [-0.39, 0.29) is 23.2 Å². The van der Waals surface area contributed by atoms with Gasteiger partial charge in [0.05, 0.1) is 11.8 Å². The molecule has 3 aliphatic carbocycles. The van der Waals surface area contributed by atoms with Gasteiger partial charge in [-0.1, -0.05) is 90.0 Å². The maximum atomic E-state index is 14.3. The molecule has 2 bridgehead atoms. The van der Waals surface area contributed by atoms with Gasteiger partial charge in [0.25, 0.3) is 17.7 Å². The van der Waals surface area contributed by atoms with Crippen LogP contribution in [0.3, 0.4) is 0 Å². The second-order valence-electron chi connectivity index (χ2n) is 10.9. The fraction of sp³-hybridized carbons (Fsp3) is 0.176. The van der Waals surface area contributed by atoms with E-state index in [9.17, 15) is 19.2 Å². The van der Waals surface area contributed by atoms with Crippen molar-refractivity contribution in [1.29, 1.82) is 0 Å². The van der Waals surface area contributed by atoms with E-state index in [1.807, 2.05) is 67.6 Å². The average molecular weight is 561 g/mol. The highest BCUT2D eigenvalue weighted by molar-refractivity contribution is 6.30. The first-order valence-electron chi connectivity index (χ1n) is 13.6. The number of ketones is 1. The van der Waals surface area contributed by atoms with Gasteiger partial charge in [0.1, 0.15) is 6.54 Å². The van der Waals surface area contributed by atoms with Crippen molar-refractivity contribution >= 4 is 35.1 Å². The maximum Gasteiger partial charge on any atom is 0.273 e. The van der Waals surface area contributed by atoms with E-state index in [4.69, 9.17) is 11.6 Å². The van der Waals surface area contributed by atoms with Gasteiger partial charge in [-0.25, -0.2) is 5.01 Å². The summed E-state index contributed by atoms with van der Waals surface area (Å²) < 4.78 is 0. The summed E-state index contributed by atoms with van der Waals surface area (Å²) in [6, 6.07) is 29.1. The lowest BCUT2D eigenvalue weighted by molar-refractivity contribution is -0.154. The standard InChI is InChI=1S/C34H25ClN2O4/c1-19-10-12-20(13-11-19)27(38)18-36(32(39)21-14-16-22(35)17-15-21)37-33(40)30-28-23-6-2-3-7-24(23)29(31(30)34(37)41)26-9-5-4-8-25(26)28/h2-17,28-31H,18H2,1H3/t28?,29?,30-,31-/m1/s1. The Kier molecular flexibility index (Phi) is 5.91. The topological polar surface area (TPSA) is 74.8 Å².